The van der Waals surface area contributed by atoms with Crippen molar-refractivity contribution < 1.29 is 23.9 Å². The maximum atomic E-state index is 12.0. The van der Waals surface area contributed by atoms with Gasteiger partial charge in [0.1, 0.15) is 17.8 Å². The van der Waals surface area contributed by atoms with E-state index < -0.39 is 17.7 Å². The Morgan fingerprint density at radius 2 is 1.90 bits per heavy atom. The Balaban J connectivity index is 2.56. The molecule has 1 unspecified atom stereocenters. The van der Waals surface area contributed by atoms with Gasteiger partial charge in [-0.05, 0) is 33.6 Å². The van der Waals surface area contributed by atoms with Gasteiger partial charge in [-0.2, -0.15) is 0 Å². The number of amides is 1. The average molecular weight is 285 g/mol. The Hall–Kier alpha value is -1.59. The van der Waals surface area contributed by atoms with E-state index in [1.807, 2.05) is 0 Å². The largest absolute Gasteiger partial charge is 0.469 e. The number of piperidine rings is 1. The predicted octanol–water partition coefficient (Wildman–Crippen LogP) is 1.77. The standard InChI is InChI=1S/C14H23NO5/c1-14(2,3)20-13(18)15-7-5-6-10(9-15)11(16)8-12(17)19-4/h10H,5-9H2,1-4H3. The summed E-state index contributed by atoms with van der Waals surface area (Å²) in [4.78, 5) is 36.6. The Labute approximate surface area is 119 Å². The Morgan fingerprint density at radius 3 is 2.45 bits per heavy atom. The summed E-state index contributed by atoms with van der Waals surface area (Å²) in [6.45, 7) is 6.29. The molecule has 0 aliphatic carbocycles. The molecular weight excluding hydrogens is 262 g/mol. The minimum absolute atomic E-state index is 0.176. The smallest absolute Gasteiger partial charge is 0.410 e. The number of ketones is 1. The predicted molar refractivity (Wildman–Crippen MR) is 72.2 cm³/mol. The highest BCUT2D eigenvalue weighted by Gasteiger charge is 2.31. The third-order valence-electron chi connectivity index (χ3n) is 3.07. The number of carbonyl (C=O) groups is 3. The highest BCUT2D eigenvalue weighted by Crippen LogP contribution is 2.21. The number of ether oxygens (including phenoxy) is 2. The molecule has 0 aromatic rings. The van der Waals surface area contributed by atoms with Crippen LogP contribution in [0.4, 0.5) is 4.79 Å². The first-order valence-corrected chi connectivity index (χ1v) is 6.80. The molecule has 1 aliphatic heterocycles. The summed E-state index contributed by atoms with van der Waals surface area (Å²) in [5.41, 5.74) is -0.556. The van der Waals surface area contributed by atoms with Crippen molar-refractivity contribution in [1.82, 2.24) is 4.90 Å². The first-order chi connectivity index (χ1) is 9.23. The quantitative estimate of drug-likeness (QED) is 0.583. The minimum Gasteiger partial charge on any atom is -0.469 e. The van der Waals surface area contributed by atoms with Gasteiger partial charge >= 0.3 is 12.1 Å². The molecule has 1 fully saturated rings. The molecule has 20 heavy (non-hydrogen) atoms. The van der Waals surface area contributed by atoms with Crippen molar-refractivity contribution in [2.75, 3.05) is 20.2 Å². The summed E-state index contributed by atoms with van der Waals surface area (Å²) in [5.74, 6) is -1.02. The molecule has 1 amide bonds. The maximum absolute atomic E-state index is 12.0. The SMILES string of the molecule is COC(=O)CC(=O)C1CCCN(C(=O)OC(C)(C)C)C1. The van der Waals surface area contributed by atoms with Crippen LogP contribution in [-0.2, 0) is 19.1 Å². The molecule has 0 bridgehead atoms. The number of likely N-dealkylation sites (tertiary alicyclic amines) is 1. The number of methoxy groups -OCH3 is 1. The van der Waals surface area contributed by atoms with E-state index in [1.54, 1.807) is 20.8 Å². The van der Waals surface area contributed by atoms with Crippen LogP contribution >= 0.6 is 0 Å². The number of rotatable bonds is 3. The highest BCUT2D eigenvalue weighted by molar-refractivity contribution is 5.97. The van der Waals surface area contributed by atoms with E-state index in [0.29, 0.717) is 19.5 Å². The molecule has 1 aliphatic rings. The summed E-state index contributed by atoms with van der Waals surface area (Å²) in [5, 5.41) is 0. The van der Waals surface area contributed by atoms with Gasteiger partial charge in [0.05, 0.1) is 7.11 Å². The van der Waals surface area contributed by atoms with Gasteiger partial charge in [-0.25, -0.2) is 4.79 Å². The molecule has 0 N–H and O–H groups in total. The van der Waals surface area contributed by atoms with Crippen LogP contribution in [0, 0.1) is 5.92 Å². The first kappa shape index (κ1) is 16.5. The van der Waals surface area contributed by atoms with E-state index in [4.69, 9.17) is 4.74 Å². The second-order valence-electron chi connectivity index (χ2n) is 5.98. The maximum Gasteiger partial charge on any atom is 0.410 e. The number of hydrogen-bond acceptors (Lipinski definition) is 5. The zero-order valence-electron chi connectivity index (χ0n) is 12.6. The lowest BCUT2D eigenvalue weighted by molar-refractivity contribution is -0.144. The van der Waals surface area contributed by atoms with Crippen molar-refractivity contribution in [3.8, 4) is 0 Å². The molecule has 0 aromatic carbocycles. The normalized spacial score (nSPS) is 19.4. The Bertz CT molecular complexity index is 386. The summed E-state index contributed by atoms with van der Waals surface area (Å²) in [7, 11) is 1.25. The fourth-order valence-corrected chi connectivity index (χ4v) is 2.09. The highest BCUT2D eigenvalue weighted by atomic mass is 16.6. The lowest BCUT2D eigenvalue weighted by Crippen LogP contribution is -2.44. The van der Waals surface area contributed by atoms with Gasteiger partial charge in [0, 0.05) is 19.0 Å². The number of Topliss-reactive ketones (excluding diaryl/α,β-unsaturated/α-hetero) is 1. The van der Waals surface area contributed by atoms with Gasteiger partial charge in [-0.15, -0.1) is 0 Å². The minimum atomic E-state index is -0.556. The van der Waals surface area contributed by atoms with Gasteiger partial charge in [-0.3, -0.25) is 9.59 Å². The lowest BCUT2D eigenvalue weighted by atomic mass is 9.92. The average Bonchev–Trinajstić information content (AvgIpc) is 2.36. The van der Waals surface area contributed by atoms with Crippen LogP contribution in [0.25, 0.3) is 0 Å². The van der Waals surface area contributed by atoms with Gasteiger partial charge < -0.3 is 14.4 Å². The van der Waals surface area contributed by atoms with Crippen LogP contribution in [0.15, 0.2) is 0 Å². The second kappa shape index (κ2) is 6.72. The molecule has 1 rings (SSSR count). The third kappa shape index (κ3) is 5.19. The van der Waals surface area contributed by atoms with Gasteiger partial charge in [0.15, 0.2) is 0 Å². The summed E-state index contributed by atoms with van der Waals surface area (Å²) in [6.07, 6.45) is 0.781. The molecule has 6 nitrogen and oxygen atoms in total. The molecule has 0 saturated carbocycles. The first-order valence-electron chi connectivity index (χ1n) is 6.80. The van der Waals surface area contributed by atoms with Gasteiger partial charge in [0.2, 0.25) is 0 Å². The number of nitrogens with zero attached hydrogens (tertiary/aromatic N) is 1. The second-order valence-corrected chi connectivity index (χ2v) is 5.98. The van der Waals surface area contributed by atoms with Crippen molar-refractivity contribution in [3.05, 3.63) is 0 Å². The van der Waals surface area contributed by atoms with E-state index >= 15 is 0 Å². The molecule has 0 aromatic heterocycles. The molecule has 0 radical (unpaired) electrons. The zero-order chi connectivity index (χ0) is 15.3. The number of hydrogen-bond donors (Lipinski definition) is 0. The fraction of sp³-hybridized carbons (Fsp3) is 0.786. The van der Waals surface area contributed by atoms with Crippen LogP contribution in [0.3, 0.4) is 0 Å². The molecule has 6 heteroatoms. The number of carbonyl (C=O) groups excluding carboxylic acids is 3. The molecule has 1 atom stereocenters. The van der Waals surface area contributed by atoms with Crippen LogP contribution < -0.4 is 0 Å². The number of esters is 1. The third-order valence-corrected chi connectivity index (χ3v) is 3.07. The van der Waals surface area contributed by atoms with Crippen molar-refractivity contribution >= 4 is 17.8 Å². The monoisotopic (exact) mass is 285 g/mol. The molecule has 114 valence electrons. The van der Waals surface area contributed by atoms with Crippen molar-refractivity contribution in [2.45, 2.75) is 45.6 Å². The Morgan fingerprint density at radius 1 is 1.25 bits per heavy atom. The molecule has 1 saturated heterocycles. The van der Waals surface area contributed by atoms with Crippen LogP contribution in [0.2, 0.25) is 0 Å². The Kier molecular flexibility index (Phi) is 5.53. The topological polar surface area (TPSA) is 72.9 Å². The van der Waals surface area contributed by atoms with E-state index in [0.717, 1.165) is 6.42 Å². The van der Waals surface area contributed by atoms with Gasteiger partial charge in [-0.1, -0.05) is 0 Å². The van der Waals surface area contributed by atoms with Crippen molar-refractivity contribution in [1.29, 1.82) is 0 Å². The summed E-state index contributed by atoms with van der Waals surface area (Å²) >= 11 is 0. The van der Waals surface area contributed by atoms with Crippen LogP contribution in [-0.4, -0.2) is 48.5 Å². The molecule has 0 spiro atoms. The van der Waals surface area contributed by atoms with Crippen LogP contribution in [0.5, 0.6) is 0 Å². The van der Waals surface area contributed by atoms with Crippen molar-refractivity contribution in [3.63, 3.8) is 0 Å². The van der Waals surface area contributed by atoms with E-state index in [9.17, 15) is 14.4 Å². The fourth-order valence-electron chi connectivity index (χ4n) is 2.09. The summed E-state index contributed by atoms with van der Waals surface area (Å²) < 4.78 is 9.78. The zero-order valence-corrected chi connectivity index (χ0v) is 12.6. The summed E-state index contributed by atoms with van der Waals surface area (Å²) in [6, 6.07) is 0. The molecule has 1 heterocycles. The van der Waals surface area contributed by atoms with E-state index in [1.165, 1.54) is 12.0 Å². The van der Waals surface area contributed by atoms with E-state index in [-0.39, 0.29) is 18.1 Å². The van der Waals surface area contributed by atoms with Crippen molar-refractivity contribution in [2.24, 2.45) is 5.92 Å². The van der Waals surface area contributed by atoms with E-state index in [2.05, 4.69) is 4.74 Å². The molecular formula is C14H23NO5. The van der Waals surface area contributed by atoms with Crippen LogP contribution in [0.1, 0.15) is 40.0 Å². The van der Waals surface area contributed by atoms with Gasteiger partial charge in [0.25, 0.3) is 0 Å². The lowest BCUT2D eigenvalue weighted by Gasteiger charge is -2.33.